The minimum atomic E-state index is -0.195. The van der Waals surface area contributed by atoms with Gasteiger partial charge in [0.05, 0.1) is 4.99 Å². The van der Waals surface area contributed by atoms with Crippen LogP contribution in [-0.2, 0) is 6.54 Å². The molecular weight excluding hydrogens is 223 g/mol. The van der Waals surface area contributed by atoms with Crippen LogP contribution in [0.25, 0.3) is 0 Å². The number of nitrogens with two attached hydrogens (primary N) is 1. The van der Waals surface area contributed by atoms with Crippen LogP contribution in [0.3, 0.4) is 0 Å². The molecule has 0 aliphatic rings. The molecule has 0 radical (unpaired) electrons. The highest BCUT2D eigenvalue weighted by Crippen LogP contribution is 2.06. The van der Waals surface area contributed by atoms with Gasteiger partial charge in [-0.25, -0.2) is 4.39 Å². The number of nitrogens with zero attached hydrogens (tertiary/aromatic N) is 1. The predicted octanol–water partition coefficient (Wildman–Crippen LogP) is 2.32. The van der Waals surface area contributed by atoms with Crippen LogP contribution in [0.4, 0.5) is 4.39 Å². The first-order valence-corrected chi connectivity index (χ1v) is 5.70. The summed E-state index contributed by atoms with van der Waals surface area (Å²) in [5.41, 5.74) is 6.53. The topological polar surface area (TPSA) is 29.3 Å². The molecule has 0 unspecified atom stereocenters. The Morgan fingerprint density at radius 1 is 1.38 bits per heavy atom. The zero-order valence-corrected chi connectivity index (χ0v) is 10.3. The molecule has 0 aliphatic carbocycles. The van der Waals surface area contributed by atoms with Crippen LogP contribution in [0.5, 0.6) is 0 Å². The van der Waals surface area contributed by atoms with Crippen molar-refractivity contribution in [2.24, 2.45) is 5.73 Å². The molecule has 2 nitrogen and oxygen atoms in total. The third-order valence-electron chi connectivity index (χ3n) is 2.33. The zero-order chi connectivity index (χ0) is 12.0. The van der Waals surface area contributed by atoms with Gasteiger partial charge in [-0.05, 0) is 44.1 Å². The highest BCUT2D eigenvalue weighted by Gasteiger charge is 2.01. The fourth-order valence-corrected chi connectivity index (χ4v) is 1.65. The molecule has 0 spiro atoms. The maximum absolute atomic E-state index is 12.7. The van der Waals surface area contributed by atoms with Crippen molar-refractivity contribution >= 4 is 17.2 Å². The maximum atomic E-state index is 12.7. The van der Waals surface area contributed by atoms with Gasteiger partial charge in [-0.15, -0.1) is 0 Å². The van der Waals surface area contributed by atoms with Crippen LogP contribution in [-0.4, -0.2) is 23.5 Å². The Hall–Kier alpha value is -1.00. The molecule has 0 saturated carbocycles. The molecule has 1 aromatic rings. The third kappa shape index (κ3) is 5.19. The number of benzene rings is 1. The Kier molecular flexibility index (Phi) is 5.35. The summed E-state index contributed by atoms with van der Waals surface area (Å²) >= 11 is 4.81. The van der Waals surface area contributed by atoms with Gasteiger partial charge in [0, 0.05) is 6.54 Å². The lowest BCUT2D eigenvalue weighted by molar-refractivity contribution is 0.324. The van der Waals surface area contributed by atoms with Gasteiger partial charge < -0.3 is 10.6 Å². The largest absolute Gasteiger partial charge is 0.393 e. The lowest BCUT2D eigenvalue weighted by Crippen LogP contribution is -2.20. The first kappa shape index (κ1) is 13.1. The molecule has 16 heavy (non-hydrogen) atoms. The average molecular weight is 240 g/mol. The summed E-state index contributed by atoms with van der Waals surface area (Å²) in [6, 6.07) is 6.58. The molecule has 88 valence electrons. The van der Waals surface area contributed by atoms with Crippen molar-refractivity contribution in [1.29, 1.82) is 0 Å². The normalized spacial score (nSPS) is 10.7. The van der Waals surface area contributed by atoms with Crippen molar-refractivity contribution in [1.82, 2.24) is 4.90 Å². The van der Waals surface area contributed by atoms with Crippen LogP contribution in [0, 0.1) is 5.82 Å². The van der Waals surface area contributed by atoms with E-state index in [1.165, 1.54) is 12.1 Å². The summed E-state index contributed by atoms with van der Waals surface area (Å²) in [5, 5.41) is 0. The second-order valence-electron chi connectivity index (χ2n) is 3.93. The second-order valence-corrected chi connectivity index (χ2v) is 4.46. The number of halogens is 1. The lowest BCUT2D eigenvalue weighted by Gasteiger charge is -2.16. The standard InChI is InChI=1S/C12H17FN2S/c1-15(8-2-3-12(14)16)9-10-4-6-11(13)7-5-10/h4-7H,2-3,8-9H2,1H3,(H2,14,16). The van der Waals surface area contributed by atoms with Crippen LogP contribution in [0.2, 0.25) is 0 Å². The summed E-state index contributed by atoms with van der Waals surface area (Å²) < 4.78 is 12.7. The second kappa shape index (κ2) is 6.55. The van der Waals surface area contributed by atoms with E-state index in [-0.39, 0.29) is 5.82 Å². The lowest BCUT2D eigenvalue weighted by atomic mass is 10.2. The zero-order valence-electron chi connectivity index (χ0n) is 9.45. The summed E-state index contributed by atoms with van der Waals surface area (Å²) in [6.07, 6.45) is 1.75. The average Bonchev–Trinajstić information content (AvgIpc) is 2.21. The van der Waals surface area contributed by atoms with Crippen LogP contribution >= 0.6 is 12.2 Å². The van der Waals surface area contributed by atoms with E-state index in [4.69, 9.17) is 18.0 Å². The Morgan fingerprint density at radius 3 is 2.56 bits per heavy atom. The van der Waals surface area contributed by atoms with E-state index in [1.807, 2.05) is 7.05 Å². The van der Waals surface area contributed by atoms with Crippen LogP contribution < -0.4 is 5.73 Å². The Morgan fingerprint density at radius 2 is 2.00 bits per heavy atom. The van der Waals surface area contributed by atoms with E-state index < -0.39 is 0 Å². The van der Waals surface area contributed by atoms with Crippen LogP contribution in [0.15, 0.2) is 24.3 Å². The molecule has 2 N–H and O–H groups in total. The molecule has 1 rings (SSSR count). The molecule has 0 fully saturated rings. The molecule has 4 heteroatoms. The number of hydrogen-bond donors (Lipinski definition) is 1. The van der Waals surface area contributed by atoms with Crippen molar-refractivity contribution in [3.05, 3.63) is 35.6 Å². The highest BCUT2D eigenvalue weighted by atomic mass is 32.1. The van der Waals surface area contributed by atoms with Gasteiger partial charge in [0.15, 0.2) is 0 Å². The van der Waals surface area contributed by atoms with Gasteiger partial charge >= 0.3 is 0 Å². The molecule has 0 atom stereocenters. The fourth-order valence-electron chi connectivity index (χ4n) is 1.50. The Balaban J connectivity index is 2.31. The molecular formula is C12H17FN2S. The van der Waals surface area contributed by atoms with Gasteiger partial charge in [-0.1, -0.05) is 24.4 Å². The maximum Gasteiger partial charge on any atom is 0.123 e. The van der Waals surface area contributed by atoms with Crippen molar-refractivity contribution in [3.8, 4) is 0 Å². The number of hydrogen-bond acceptors (Lipinski definition) is 2. The van der Waals surface area contributed by atoms with Crippen molar-refractivity contribution < 1.29 is 4.39 Å². The summed E-state index contributed by atoms with van der Waals surface area (Å²) in [4.78, 5) is 2.74. The summed E-state index contributed by atoms with van der Waals surface area (Å²) in [5.74, 6) is -0.195. The van der Waals surface area contributed by atoms with E-state index in [0.29, 0.717) is 4.99 Å². The quantitative estimate of drug-likeness (QED) is 0.774. The van der Waals surface area contributed by atoms with E-state index >= 15 is 0 Å². The first-order valence-electron chi connectivity index (χ1n) is 5.29. The molecule has 0 saturated heterocycles. The van der Waals surface area contributed by atoms with Crippen molar-refractivity contribution in [2.45, 2.75) is 19.4 Å². The Bertz CT molecular complexity index is 337. The van der Waals surface area contributed by atoms with Gasteiger partial charge in [0.1, 0.15) is 5.82 Å². The fraction of sp³-hybridized carbons (Fsp3) is 0.417. The number of rotatable bonds is 6. The smallest absolute Gasteiger partial charge is 0.123 e. The van der Waals surface area contributed by atoms with Crippen LogP contribution in [0.1, 0.15) is 18.4 Å². The van der Waals surface area contributed by atoms with E-state index in [1.54, 1.807) is 12.1 Å². The predicted molar refractivity (Wildman–Crippen MR) is 68.8 cm³/mol. The highest BCUT2D eigenvalue weighted by molar-refractivity contribution is 7.80. The van der Waals surface area contributed by atoms with E-state index in [9.17, 15) is 4.39 Å². The van der Waals surface area contributed by atoms with Crippen molar-refractivity contribution in [2.75, 3.05) is 13.6 Å². The molecule has 0 aliphatic heterocycles. The van der Waals surface area contributed by atoms with E-state index in [0.717, 1.165) is 31.5 Å². The Labute approximate surface area is 101 Å². The SMILES string of the molecule is CN(CCCC(N)=S)Cc1ccc(F)cc1. The molecule has 0 aromatic heterocycles. The van der Waals surface area contributed by atoms with E-state index in [2.05, 4.69) is 4.90 Å². The molecule has 1 aromatic carbocycles. The van der Waals surface area contributed by atoms with Crippen molar-refractivity contribution in [3.63, 3.8) is 0 Å². The molecule has 0 bridgehead atoms. The first-order chi connectivity index (χ1) is 7.58. The summed E-state index contributed by atoms with van der Waals surface area (Å²) in [7, 11) is 2.03. The monoisotopic (exact) mass is 240 g/mol. The number of thiocarbonyl (C=S) groups is 1. The van der Waals surface area contributed by atoms with Gasteiger partial charge in [-0.3, -0.25) is 0 Å². The minimum Gasteiger partial charge on any atom is -0.393 e. The van der Waals surface area contributed by atoms with Gasteiger partial charge in [0.2, 0.25) is 0 Å². The summed E-state index contributed by atoms with van der Waals surface area (Å²) in [6.45, 7) is 1.76. The molecule has 0 heterocycles. The third-order valence-corrected chi connectivity index (χ3v) is 2.53. The van der Waals surface area contributed by atoms with Gasteiger partial charge in [0.25, 0.3) is 0 Å². The molecule has 0 amide bonds. The van der Waals surface area contributed by atoms with Gasteiger partial charge in [-0.2, -0.15) is 0 Å². The minimum absolute atomic E-state index is 0.195.